The molecule has 4 rings (SSSR count). The Morgan fingerprint density at radius 1 is 1.14 bits per heavy atom. The van der Waals surface area contributed by atoms with E-state index >= 15 is 4.39 Å². The van der Waals surface area contributed by atoms with E-state index in [2.05, 4.69) is 10.4 Å². The van der Waals surface area contributed by atoms with Gasteiger partial charge in [0.15, 0.2) is 11.9 Å². The van der Waals surface area contributed by atoms with Crippen molar-refractivity contribution in [1.29, 1.82) is 0 Å². The number of nitrogens with one attached hydrogen (secondary N) is 2. The van der Waals surface area contributed by atoms with Crippen LogP contribution in [0.15, 0.2) is 66.9 Å². The number of nitrogens with zero attached hydrogens (tertiary/aromatic N) is 1. The van der Waals surface area contributed by atoms with Crippen LogP contribution in [-0.4, -0.2) is 77.7 Å². The number of carbonyl (C=O) groups is 2. The summed E-state index contributed by atoms with van der Waals surface area (Å²) in [5.41, 5.74) is -0.539. The van der Waals surface area contributed by atoms with Crippen LogP contribution in [0, 0.1) is 0 Å². The van der Waals surface area contributed by atoms with Crippen LogP contribution in [0.1, 0.15) is 34.6 Å². The zero-order chi connectivity index (χ0) is 32.3. The number of aliphatic hydroxyl groups excluding tert-OH is 1. The highest BCUT2D eigenvalue weighted by atomic mass is 31.2. The summed E-state index contributed by atoms with van der Waals surface area (Å²) in [4.78, 5) is 25.8. The number of ether oxygens (including phenoxy) is 3. The minimum atomic E-state index is -4.37. The molecule has 0 radical (unpaired) electrons. The predicted octanol–water partition coefficient (Wildman–Crippen LogP) is 3.87. The van der Waals surface area contributed by atoms with Crippen LogP contribution in [0.3, 0.4) is 0 Å². The molecule has 12 nitrogen and oxygen atoms in total. The summed E-state index contributed by atoms with van der Waals surface area (Å²) in [6.07, 6.45) is -2.47. The Hall–Kier alpha value is -3.32. The van der Waals surface area contributed by atoms with Crippen LogP contribution in [0.5, 0.6) is 5.75 Å². The Morgan fingerprint density at radius 2 is 1.77 bits per heavy atom. The molecule has 0 bridgehead atoms. The van der Waals surface area contributed by atoms with Gasteiger partial charge in [-0.25, -0.2) is 8.96 Å². The molecule has 0 saturated carbocycles. The molecule has 0 aliphatic carbocycles. The number of hydrogen-bond donors (Lipinski definition) is 3. The molecule has 0 aromatic heterocycles. The molecule has 2 unspecified atom stereocenters. The van der Waals surface area contributed by atoms with Gasteiger partial charge >= 0.3 is 13.7 Å². The number of amides is 1. The number of esters is 1. The van der Waals surface area contributed by atoms with E-state index in [1.165, 1.54) is 38.1 Å². The maximum Gasteiger partial charge on any atom is 0.459 e. The summed E-state index contributed by atoms with van der Waals surface area (Å²) in [5, 5.41) is 16.1. The molecule has 2 aliphatic rings. The Balaban J connectivity index is 1.54. The normalized spacial score (nSPS) is 28.8. The lowest BCUT2D eigenvalue weighted by Gasteiger charge is -2.46. The Kier molecular flexibility index (Phi) is 10.2. The van der Waals surface area contributed by atoms with Crippen molar-refractivity contribution in [3.05, 3.63) is 66.9 Å². The van der Waals surface area contributed by atoms with Gasteiger partial charge in [0, 0.05) is 26.3 Å². The molecule has 7 atom stereocenters. The van der Waals surface area contributed by atoms with Gasteiger partial charge in [0.1, 0.15) is 24.0 Å². The molecule has 2 aromatic rings. The summed E-state index contributed by atoms with van der Waals surface area (Å²) in [6, 6.07) is 15.2. The number of rotatable bonds is 12. The van der Waals surface area contributed by atoms with E-state index in [1.807, 2.05) is 30.3 Å². The number of hydrogen-bond acceptors (Lipinski definition) is 10. The van der Waals surface area contributed by atoms with Gasteiger partial charge in [-0.1, -0.05) is 42.5 Å². The third-order valence-electron chi connectivity index (χ3n) is 7.25. The lowest BCUT2D eigenvalue weighted by molar-refractivity contribution is -0.213. The molecule has 2 heterocycles. The topological polar surface area (TPSA) is 145 Å². The van der Waals surface area contributed by atoms with Gasteiger partial charge in [-0.15, -0.1) is 0 Å². The van der Waals surface area contributed by atoms with E-state index in [0.717, 1.165) is 18.1 Å². The number of aliphatic hydroxyl groups is 1. The summed E-state index contributed by atoms with van der Waals surface area (Å²) >= 11 is 0. The fraction of sp³-hybridized carbons (Fsp3) is 0.467. The molecular formula is C30H39FN3O9P. The minimum Gasteiger partial charge on any atom is -0.462 e. The fourth-order valence-corrected chi connectivity index (χ4v) is 6.30. The highest BCUT2D eigenvalue weighted by molar-refractivity contribution is 7.52. The highest BCUT2D eigenvalue weighted by Crippen LogP contribution is 2.47. The molecule has 240 valence electrons. The summed E-state index contributed by atoms with van der Waals surface area (Å²) in [7, 11) is -3.04. The Morgan fingerprint density at radius 3 is 2.39 bits per heavy atom. The molecule has 44 heavy (non-hydrogen) atoms. The largest absolute Gasteiger partial charge is 0.462 e. The third-order valence-corrected chi connectivity index (χ3v) is 8.90. The molecule has 0 spiro atoms. The van der Waals surface area contributed by atoms with E-state index in [1.54, 1.807) is 38.1 Å². The summed E-state index contributed by atoms with van der Waals surface area (Å²) in [6.45, 7) is 6.81. The van der Waals surface area contributed by atoms with Crippen LogP contribution in [0.4, 0.5) is 4.39 Å². The van der Waals surface area contributed by atoms with E-state index in [4.69, 9.17) is 23.3 Å². The smallest absolute Gasteiger partial charge is 0.459 e. The van der Waals surface area contributed by atoms with E-state index in [9.17, 15) is 19.3 Å². The standard InChI is InChI=1S/C30H39FN3O9P/c1-19(2)41-27(37)20(3)33-44(38,43-23-14-12-22(13-15-23)21-10-8-7-9-11-21)40-18-24-26(36)29(4,31)28(42-24)34-17-16-25(35)32-30(34,5)39-6/h7-17,19-20,24,26,28,36H,18H2,1-6H3,(H,32,35)(H,33,38)/t20-,24+,26+,28+,29+,30?,44?/m0/s1. The predicted molar refractivity (Wildman–Crippen MR) is 159 cm³/mol. The molecule has 3 N–H and O–H groups in total. The van der Waals surface area contributed by atoms with Crippen molar-refractivity contribution in [2.75, 3.05) is 13.7 Å². The molecule has 2 aliphatic heterocycles. The van der Waals surface area contributed by atoms with Crippen molar-refractivity contribution in [2.45, 2.75) is 76.7 Å². The average molecular weight is 636 g/mol. The third kappa shape index (κ3) is 7.48. The second kappa shape index (κ2) is 13.4. The first-order valence-corrected chi connectivity index (χ1v) is 15.7. The number of halogens is 1. The molecule has 1 saturated heterocycles. The van der Waals surface area contributed by atoms with E-state index in [-0.39, 0.29) is 5.75 Å². The minimum absolute atomic E-state index is 0.163. The first-order chi connectivity index (χ1) is 20.7. The quantitative estimate of drug-likeness (QED) is 0.231. The number of carbonyl (C=O) groups excluding carboxylic acids is 2. The van der Waals surface area contributed by atoms with Crippen LogP contribution in [0.25, 0.3) is 11.1 Å². The second-order valence-corrected chi connectivity index (χ2v) is 12.8. The van der Waals surface area contributed by atoms with Gasteiger partial charge in [0.2, 0.25) is 11.8 Å². The first kappa shape index (κ1) is 33.6. The van der Waals surface area contributed by atoms with Crippen molar-refractivity contribution in [1.82, 2.24) is 15.3 Å². The monoisotopic (exact) mass is 635 g/mol. The Bertz CT molecular complexity index is 1390. The summed E-state index contributed by atoms with van der Waals surface area (Å²) in [5.74, 6) is -2.48. The van der Waals surface area contributed by atoms with Crippen molar-refractivity contribution in [3.63, 3.8) is 0 Å². The van der Waals surface area contributed by atoms with Gasteiger partial charge in [0.25, 0.3) is 0 Å². The zero-order valence-corrected chi connectivity index (χ0v) is 26.3. The van der Waals surface area contributed by atoms with Gasteiger partial charge < -0.3 is 34.1 Å². The average Bonchev–Trinajstić information content (AvgIpc) is 3.20. The zero-order valence-electron chi connectivity index (χ0n) is 25.4. The van der Waals surface area contributed by atoms with Crippen LogP contribution in [0.2, 0.25) is 0 Å². The van der Waals surface area contributed by atoms with Gasteiger partial charge in [-0.2, -0.15) is 5.09 Å². The maximum atomic E-state index is 16.0. The van der Waals surface area contributed by atoms with E-state index < -0.39 is 68.3 Å². The Labute approximate surface area is 256 Å². The van der Waals surface area contributed by atoms with Crippen molar-refractivity contribution in [3.8, 4) is 16.9 Å². The lowest BCUT2D eigenvalue weighted by Crippen LogP contribution is -2.66. The molecule has 14 heteroatoms. The number of benzene rings is 2. The van der Waals surface area contributed by atoms with Crippen molar-refractivity contribution >= 4 is 19.6 Å². The van der Waals surface area contributed by atoms with E-state index in [0.29, 0.717) is 0 Å². The van der Waals surface area contributed by atoms with Crippen molar-refractivity contribution < 1.29 is 46.9 Å². The fourth-order valence-electron chi connectivity index (χ4n) is 4.80. The van der Waals surface area contributed by atoms with Crippen LogP contribution < -0.4 is 14.9 Å². The second-order valence-electron chi connectivity index (χ2n) is 11.1. The molecular weight excluding hydrogens is 596 g/mol. The van der Waals surface area contributed by atoms with Crippen molar-refractivity contribution in [2.24, 2.45) is 0 Å². The number of methoxy groups -OCH3 is 1. The van der Waals surface area contributed by atoms with Gasteiger partial charge in [-0.3, -0.25) is 14.1 Å². The molecule has 1 amide bonds. The van der Waals surface area contributed by atoms with Crippen LogP contribution >= 0.6 is 7.75 Å². The van der Waals surface area contributed by atoms with Crippen LogP contribution in [-0.2, 0) is 32.9 Å². The molecule has 1 fully saturated rings. The number of alkyl halides is 1. The SMILES string of the molecule is COC1(C)NC(=O)C=CN1[C@@H]1O[C@H](COP(=O)(N[C@@H](C)C(=O)OC(C)C)Oc2ccc(-c3ccccc3)cc2)[C@@H](O)[C@@]1(C)F. The van der Waals surface area contributed by atoms with Gasteiger partial charge in [-0.05, 0) is 51.0 Å². The molecule has 2 aromatic carbocycles. The maximum absolute atomic E-state index is 16.0. The highest BCUT2D eigenvalue weighted by Gasteiger charge is 2.59. The lowest BCUT2D eigenvalue weighted by atomic mass is 9.97. The summed E-state index contributed by atoms with van der Waals surface area (Å²) < 4.78 is 58.0. The first-order valence-electron chi connectivity index (χ1n) is 14.1. The van der Waals surface area contributed by atoms with Gasteiger partial charge in [0.05, 0.1) is 12.7 Å².